The Labute approximate surface area is 189 Å². The van der Waals surface area contributed by atoms with Gasteiger partial charge in [-0.15, -0.1) is 0 Å². The molecular formula is C27H36F4O. The first-order chi connectivity index (χ1) is 15.3. The lowest BCUT2D eigenvalue weighted by Gasteiger charge is -2.37. The number of ether oxygens (including phenoxy) is 1. The molecule has 178 valence electrons. The quantitative estimate of drug-likeness (QED) is 0.416. The molecule has 1 saturated heterocycles. The smallest absolute Gasteiger partial charge is 0.371 e. The van der Waals surface area contributed by atoms with Gasteiger partial charge < -0.3 is 4.74 Å². The van der Waals surface area contributed by atoms with Gasteiger partial charge in [0, 0.05) is 0 Å². The van der Waals surface area contributed by atoms with E-state index in [0.29, 0.717) is 30.8 Å². The number of halogens is 4. The SMILES string of the molecule is CC1CCC(c2ccc(C3CCC(C4CCC(/C(F)=C/C(F)(F)F)OC4)CC3)cc2)CC1. The van der Waals surface area contributed by atoms with Crippen molar-refractivity contribution in [3.8, 4) is 0 Å². The van der Waals surface area contributed by atoms with Crippen LogP contribution < -0.4 is 0 Å². The van der Waals surface area contributed by atoms with Gasteiger partial charge in [-0.25, -0.2) is 4.39 Å². The van der Waals surface area contributed by atoms with Gasteiger partial charge in [0.1, 0.15) is 11.9 Å². The normalized spacial score (nSPS) is 35.0. The zero-order valence-corrected chi connectivity index (χ0v) is 19.0. The Hall–Kier alpha value is -1.36. The van der Waals surface area contributed by atoms with Crippen LogP contribution in [0.2, 0.25) is 0 Å². The predicted molar refractivity (Wildman–Crippen MR) is 119 cm³/mol. The lowest BCUT2D eigenvalue weighted by atomic mass is 9.72. The molecule has 2 unspecified atom stereocenters. The Morgan fingerprint density at radius 3 is 1.75 bits per heavy atom. The third kappa shape index (κ3) is 6.15. The average molecular weight is 453 g/mol. The third-order valence-corrected chi connectivity index (χ3v) is 8.25. The summed E-state index contributed by atoms with van der Waals surface area (Å²) in [7, 11) is 0. The zero-order valence-electron chi connectivity index (χ0n) is 19.0. The van der Waals surface area contributed by atoms with Crippen LogP contribution in [-0.2, 0) is 4.74 Å². The van der Waals surface area contributed by atoms with Crippen LogP contribution in [0.25, 0.3) is 0 Å². The van der Waals surface area contributed by atoms with E-state index in [2.05, 4.69) is 31.2 Å². The van der Waals surface area contributed by atoms with Crippen LogP contribution in [0.15, 0.2) is 36.2 Å². The largest absolute Gasteiger partial charge is 0.412 e. The molecule has 0 N–H and O–H groups in total. The van der Waals surface area contributed by atoms with E-state index in [1.54, 1.807) is 0 Å². The summed E-state index contributed by atoms with van der Waals surface area (Å²) in [6.07, 6.45) is 4.99. The molecule has 1 heterocycles. The number of alkyl halides is 3. The molecule has 5 heteroatoms. The first kappa shape index (κ1) is 23.8. The van der Waals surface area contributed by atoms with Crippen LogP contribution in [0.1, 0.15) is 94.1 Å². The second-order valence-corrected chi connectivity index (χ2v) is 10.5. The standard InChI is InChI=1S/C27H36F4O/c1-18-2-4-19(5-3-18)20-6-8-21(9-7-20)22-10-12-23(13-11-22)24-14-15-26(32-17-24)25(28)16-27(29,30)31/h6-9,16,18-19,22-24,26H,2-5,10-15,17H2,1H3/b25-16-. The summed E-state index contributed by atoms with van der Waals surface area (Å²) in [4.78, 5) is 0. The zero-order chi connectivity index (χ0) is 22.7. The number of benzene rings is 1. The van der Waals surface area contributed by atoms with E-state index in [9.17, 15) is 17.6 Å². The van der Waals surface area contributed by atoms with Gasteiger partial charge in [0.25, 0.3) is 0 Å². The van der Waals surface area contributed by atoms with E-state index in [0.717, 1.165) is 43.9 Å². The summed E-state index contributed by atoms with van der Waals surface area (Å²) in [6.45, 7) is 2.73. The summed E-state index contributed by atoms with van der Waals surface area (Å²) >= 11 is 0. The number of rotatable bonds is 4. The molecule has 3 fully saturated rings. The van der Waals surface area contributed by atoms with Crippen molar-refractivity contribution in [2.75, 3.05) is 6.61 Å². The van der Waals surface area contributed by atoms with Gasteiger partial charge >= 0.3 is 6.18 Å². The van der Waals surface area contributed by atoms with Gasteiger partial charge in [0.15, 0.2) is 0 Å². The lowest BCUT2D eigenvalue weighted by Crippen LogP contribution is -2.32. The first-order valence-corrected chi connectivity index (χ1v) is 12.4. The molecule has 2 atom stereocenters. The first-order valence-electron chi connectivity index (χ1n) is 12.4. The minimum atomic E-state index is -4.63. The highest BCUT2D eigenvalue weighted by Crippen LogP contribution is 2.43. The molecule has 0 bridgehead atoms. The van der Waals surface area contributed by atoms with Crippen molar-refractivity contribution >= 4 is 0 Å². The average Bonchev–Trinajstić information content (AvgIpc) is 2.79. The van der Waals surface area contributed by atoms with E-state index in [1.807, 2.05) is 0 Å². The molecule has 1 aliphatic heterocycles. The van der Waals surface area contributed by atoms with Crippen molar-refractivity contribution < 1.29 is 22.3 Å². The van der Waals surface area contributed by atoms with Crippen molar-refractivity contribution in [3.63, 3.8) is 0 Å². The summed E-state index contributed by atoms with van der Waals surface area (Å²) in [5.41, 5.74) is 2.94. The van der Waals surface area contributed by atoms with Gasteiger partial charge in [-0.1, -0.05) is 44.0 Å². The number of hydrogen-bond donors (Lipinski definition) is 0. The van der Waals surface area contributed by atoms with Crippen molar-refractivity contribution in [1.82, 2.24) is 0 Å². The fraction of sp³-hybridized carbons (Fsp3) is 0.704. The van der Waals surface area contributed by atoms with Crippen LogP contribution in [-0.4, -0.2) is 18.9 Å². The molecule has 4 rings (SSSR count). The van der Waals surface area contributed by atoms with Gasteiger partial charge in [0.2, 0.25) is 0 Å². The summed E-state index contributed by atoms with van der Waals surface area (Å²) < 4.78 is 56.4. The maximum atomic E-state index is 13.8. The summed E-state index contributed by atoms with van der Waals surface area (Å²) in [5, 5.41) is 0. The van der Waals surface area contributed by atoms with Crippen LogP contribution in [0.3, 0.4) is 0 Å². The lowest BCUT2D eigenvalue weighted by molar-refractivity contribution is -0.0855. The minimum absolute atomic E-state index is 0.261. The topological polar surface area (TPSA) is 9.23 Å². The Bertz CT molecular complexity index is 745. The van der Waals surface area contributed by atoms with Crippen LogP contribution in [0.5, 0.6) is 0 Å². The molecule has 32 heavy (non-hydrogen) atoms. The fourth-order valence-electron chi connectivity index (χ4n) is 6.17. The molecule has 1 aromatic carbocycles. The Balaban J connectivity index is 1.24. The Morgan fingerprint density at radius 1 is 0.781 bits per heavy atom. The summed E-state index contributed by atoms with van der Waals surface area (Å²) in [5.74, 6) is 1.87. The molecule has 0 aromatic heterocycles. The van der Waals surface area contributed by atoms with Gasteiger partial charge in [-0.05, 0) is 92.1 Å². The van der Waals surface area contributed by atoms with Crippen molar-refractivity contribution in [2.45, 2.75) is 95.2 Å². The highest BCUT2D eigenvalue weighted by atomic mass is 19.4. The van der Waals surface area contributed by atoms with E-state index < -0.39 is 18.1 Å². The highest BCUT2D eigenvalue weighted by molar-refractivity contribution is 5.28. The monoisotopic (exact) mass is 452 g/mol. The van der Waals surface area contributed by atoms with E-state index in [1.165, 1.54) is 36.8 Å². The third-order valence-electron chi connectivity index (χ3n) is 8.25. The molecule has 0 radical (unpaired) electrons. The van der Waals surface area contributed by atoms with Crippen LogP contribution in [0.4, 0.5) is 17.6 Å². The molecule has 0 spiro atoms. The number of hydrogen-bond acceptors (Lipinski definition) is 1. The molecular weight excluding hydrogens is 416 g/mol. The van der Waals surface area contributed by atoms with Crippen LogP contribution in [0, 0.1) is 17.8 Å². The molecule has 1 aromatic rings. The molecule has 3 aliphatic rings. The molecule has 2 aliphatic carbocycles. The van der Waals surface area contributed by atoms with E-state index in [4.69, 9.17) is 4.74 Å². The van der Waals surface area contributed by atoms with Crippen molar-refractivity contribution in [1.29, 1.82) is 0 Å². The van der Waals surface area contributed by atoms with E-state index in [-0.39, 0.29) is 6.08 Å². The Kier molecular flexibility index (Phi) is 7.64. The summed E-state index contributed by atoms with van der Waals surface area (Å²) in [6, 6.07) is 9.37. The van der Waals surface area contributed by atoms with Gasteiger partial charge in [-0.3, -0.25) is 0 Å². The van der Waals surface area contributed by atoms with Gasteiger partial charge in [-0.2, -0.15) is 13.2 Å². The highest BCUT2D eigenvalue weighted by Gasteiger charge is 2.35. The predicted octanol–water partition coefficient (Wildman–Crippen LogP) is 8.47. The number of allylic oxidation sites excluding steroid dienone is 1. The second kappa shape index (κ2) is 10.3. The second-order valence-electron chi connectivity index (χ2n) is 10.5. The molecule has 2 saturated carbocycles. The Morgan fingerprint density at radius 2 is 1.28 bits per heavy atom. The van der Waals surface area contributed by atoms with Crippen molar-refractivity contribution in [2.24, 2.45) is 17.8 Å². The van der Waals surface area contributed by atoms with E-state index >= 15 is 0 Å². The van der Waals surface area contributed by atoms with Crippen molar-refractivity contribution in [3.05, 3.63) is 47.3 Å². The fourth-order valence-corrected chi connectivity index (χ4v) is 6.17. The maximum Gasteiger partial charge on any atom is 0.412 e. The minimum Gasteiger partial charge on any atom is -0.371 e. The van der Waals surface area contributed by atoms with Crippen LogP contribution >= 0.6 is 0 Å². The molecule has 0 amide bonds. The molecule has 1 nitrogen and oxygen atoms in total. The van der Waals surface area contributed by atoms with Gasteiger partial charge in [0.05, 0.1) is 12.7 Å². The maximum absolute atomic E-state index is 13.8.